The first-order valence-electron chi connectivity index (χ1n) is 8.54. The molecule has 1 aliphatic rings. The van der Waals surface area contributed by atoms with Crippen LogP contribution in [0.1, 0.15) is 13.8 Å². The van der Waals surface area contributed by atoms with Crippen molar-refractivity contribution >= 4 is 21.4 Å². The smallest absolute Gasteiger partial charge is 0.214 e. The number of β-amino-alcohol motifs (C(OH)–C–C–N with tert-alkyl or cyclic N) is 1. The van der Waals surface area contributed by atoms with Gasteiger partial charge in [0.25, 0.3) is 0 Å². The second-order valence-electron chi connectivity index (χ2n) is 6.63. The van der Waals surface area contributed by atoms with Crippen molar-refractivity contribution in [1.82, 2.24) is 24.5 Å². The van der Waals surface area contributed by atoms with Gasteiger partial charge in [0, 0.05) is 50.2 Å². The van der Waals surface area contributed by atoms with Gasteiger partial charge in [-0.25, -0.2) is 9.50 Å². The SMILES string of the molecule is CC(O)CN1CCN(c2nn3cc(-c4cccnc4)nc3s2)C(C)C1. The van der Waals surface area contributed by atoms with E-state index >= 15 is 0 Å². The number of rotatable bonds is 4. The third kappa shape index (κ3) is 3.37. The van der Waals surface area contributed by atoms with Crippen molar-refractivity contribution in [3.63, 3.8) is 0 Å². The van der Waals surface area contributed by atoms with Crippen LogP contribution >= 0.6 is 11.3 Å². The molecule has 0 spiro atoms. The maximum absolute atomic E-state index is 9.58. The van der Waals surface area contributed by atoms with Gasteiger partial charge in [-0.1, -0.05) is 11.3 Å². The minimum atomic E-state index is -0.284. The Balaban J connectivity index is 1.52. The fraction of sp³-hybridized carbons (Fsp3) is 0.471. The van der Waals surface area contributed by atoms with E-state index in [-0.39, 0.29) is 6.10 Å². The molecule has 2 unspecified atom stereocenters. The summed E-state index contributed by atoms with van der Waals surface area (Å²) in [6.45, 7) is 7.58. The molecule has 0 radical (unpaired) electrons. The summed E-state index contributed by atoms with van der Waals surface area (Å²) in [5.41, 5.74) is 1.90. The maximum atomic E-state index is 9.58. The standard InChI is InChI=1S/C17H22N6OS/c1-12-9-21(10-13(2)24)6-7-22(12)17-20-23-11-15(19-16(23)25-17)14-4-3-5-18-8-14/h3-5,8,11-13,24H,6-7,9-10H2,1-2H3. The van der Waals surface area contributed by atoms with Gasteiger partial charge < -0.3 is 10.0 Å². The quantitative estimate of drug-likeness (QED) is 0.766. The van der Waals surface area contributed by atoms with Gasteiger partial charge in [0.1, 0.15) is 0 Å². The van der Waals surface area contributed by atoms with Crippen molar-refractivity contribution in [2.45, 2.75) is 26.0 Å². The molecule has 0 bridgehead atoms. The molecule has 1 N–H and O–H groups in total. The van der Waals surface area contributed by atoms with Crippen LogP contribution in [0.25, 0.3) is 16.2 Å². The molecule has 3 aromatic heterocycles. The van der Waals surface area contributed by atoms with Crippen molar-refractivity contribution < 1.29 is 5.11 Å². The first-order valence-corrected chi connectivity index (χ1v) is 9.35. The minimum absolute atomic E-state index is 0.284. The van der Waals surface area contributed by atoms with Gasteiger partial charge in [-0.15, -0.1) is 5.10 Å². The summed E-state index contributed by atoms with van der Waals surface area (Å²) in [6.07, 6.45) is 5.25. The second-order valence-corrected chi connectivity index (χ2v) is 7.57. The molecule has 0 saturated carbocycles. The lowest BCUT2D eigenvalue weighted by atomic mass is 10.2. The normalized spacial score (nSPS) is 20.3. The predicted molar refractivity (Wildman–Crippen MR) is 99.0 cm³/mol. The number of aliphatic hydroxyl groups is 1. The number of piperazine rings is 1. The number of pyridine rings is 1. The van der Waals surface area contributed by atoms with E-state index in [4.69, 9.17) is 5.10 Å². The van der Waals surface area contributed by atoms with E-state index in [0.717, 1.165) is 47.5 Å². The van der Waals surface area contributed by atoms with Crippen LogP contribution in [-0.4, -0.2) is 67.9 Å². The first-order chi connectivity index (χ1) is 12.1. The summed E-state index contributed by atoms with van der Waals surface area (Å²) in [7, 11) is 0. The lowest BCUT2D eigenvalue weighted by molar-refractivity contribution is 0.114. The minimum Gasteiger partial charge on any atom is -0.392 e. The van der Waals surface area contributed by atoms with Crippen molar-refractivity contribution in [2.75, 3.05) is 31.1 Å². The van der Waals surface area contributed by atoms with E-state index in [0.29, 0.717) is 6.04 Å². The molecule has 3 aromatic rings. The van der Waals surface area contributed by atoms with Gasteiger partial charge in [0.05, 0.1) is 18.0 Å². The number of nitrogens with zero attached hydrogens (tertiary/aromatic N) is 6. The van der Waals surface area contributed by atoms with Gasteiger partial charge >= 0.3 is 0 Å². The molecule has 132 valence electrons. The Labute approximate surface area is 150 Å². The highest BCUT2D eigenvalue weighted by Crippen LogP contribution is 2.28. The molecule has 4 rings (SSSR count). The molecule has 0 amide bonds. The molecule has 1 fully saturated rings. The Hall–Kier alpha value is -2.03. The molecule has 0 aliphatic carbocycles. The fourth-order valence-electron chi connectivity index (χ4n) is 3.32. The number of imidazole rings is 1. The summed E-state index contributed by atoms with van der Waals surface area (Å²) in [5.74, 6) is 0. The van der Waals surface area contributed by atoms with Crippen molar-refractivity contribution in [1.29, 1.82) is 0 Å². The molecule has 8 heteroatoms. The summed E-state index contributed by atoms with van der Waals surface area (Å²) in [4.78, 5) is 14.4. The summed E-state index contributed by atoms with van der Waals surface area (Å²) < 4.78 is 1.86. The summed E-state index contributed by atoms with van der Waals surface area (Å²) >= 11 is 1.62. The van der Waals surface area contributed by atoms with Crippen LogP contribution in [-0.2, 0) is 0 Å². The highest BCUT2D eigenvalue weighted by Gasteiger charge is 2.27. The van der Waals surface area contributed by atoms with Crippen molar-refractivity contribution in [3.8, 4) is 11.3 Å². The highest BCUT2D eigenvalue weighted by molar-refractivity contribution is 7.20. The molecule has 2 atom stereocenters. The van der Waals surface area contributed by atoms with Crippen LogP contribution in [0.3, 0.4) is 0 Å². The number of fused-ring (bicyclic) bond motifs is 1. The third-order valence-corrected chi connectivity index (χ3v) is 5.43. The van der Waals surface area contributed by atoms with Crippen molar-refractivity contribution in [2.24, 2.45) is 0 Å². The van der Waals surface area contributed by atoms with E-state index in [1.807, 2.05) is 36.0 Å². The largest absolute Gasteiger partial charge is 0.392 e. The van der Waals surface area contributed by atoms with E-state index in [1.165, 1.54) is 0 Å². The molecule has 4 heterocycles. The Morgan fingerprint density at radius 3 is 2.96 bits per heavy atom. The molecule has 7 nitrogen and oxygen atoms in total. The number of hydrogen-bond acceptors (Lipinski definition) is 7. The molecular weight excluding hydrogens is 336 g/mol. The van der Waals surface area contributed by atoms with E-state index in [2.05, 4.69) is 26.7 Å². The monoisotopic (exact) mass is 358 g/mol. The highest BCUT2D eigenvalue weighted by atomic mass is 32.1. The fourth-order valence-corrected chi connectivity index (χ4v) is 4.33. The van der Waals surface area contributed by atoms with Gasteiger partial charge in [-0.2, -0.15) is 0 Å². The van der Waals surface area contributed by atoms with Crippen LogP contribution in [0.2, 0.25) is 0 Å². The Morgan fingerprint density at radius 1 is 1.40 bits per heavy atom. The van der Waals surface area contributed by atoms with E-state index in [9.17, 15) is 5.11 Å². The first kappa shape index (κ1) is 16.4. The molecule has 25 heavy (non-hydrogen) atoms. The Morgan fingerprint density at radius 2 is 2.28 bits per heavy atom. The van der Waals surface area contributed by atoms with Crippen LogP contribution in [0, 0.1) is 0 Å². The summed E-state index contributed by atoms with van der Waals surface area (Å²) in [5, 5.41) is 15.3. The van der Waals surface area contributed by atoms with Crippen LogP contribution in [0.4, 0.5) is 5.13 Å². The Bertz CT molecular complexity index is 814. The average Bonchev–Trinajstić information content (AvgIpc) is 3.14. The zero-order chi connectivity index (χ0) is 17.4. The predicted octanol–water partition coefficient (Wildman–Crippen LogP) is 1.74. The Kier molecular flexibility index (Phi) is 4.41. The van der Waals surface area contributed by atoms with Crippen LogP contribution in [0.5, 0.6) is 0 Å². The zero-order valence-electron chi connectivity index (χ0n) is 14.4. The lowest BCUT2D eigenvalue weighted by Crippen LogP contribution is -2.53. The average molecular weight is 358 g/mol. The van der Waals surface area contributed by atoms with Gasteiger partial charge in [0.15, 0.2) is 0 Å². The lowest BCUT2D eigenvalue weighted by Gasteiger charge is -2.39. The van der Waals surface area contributed by atoms with Gasteiger partial charge in [-0.3, -0.25) is 9.88 Å². The second kappa shape index (κ2) is 6.70. The molecule has 0 aromatic carbocycles. The number of aromatic nitrogens is 4. The van der Waals surface area contributed by atoms with Crippen LogP contribution < -0.4 is 4.90 Å². The maximum Gasteiger partial charge on any atom is 0.214 e. The molecule has 1 aliphatic heterocycles. The number of anilines is 1. The van der Waals surface area contributed by atoms with Gasteiger partial charge in [0.2, 0.25) is 10.1 Å². The number of hydrogen-bond donors (Lipinski definition) is 1. The van der Waals surface area contributed by atoms with E-state index < -0.39 is 0 Å². The summed E-state index contributed by atoms with van der Waals surface area (Å²) in [6, 6.07) is 4.28. The van der Waals surface area contributed by atoms with Gasteiger partial charge in [-0.05, 0) is 26.0 Å². The molecular formula is C17H22N6OS. The number of aliphatic hydroxyl groups excluding tert-OH is 1. The third-order valence-electron chi connectivity index (χ3n) is 4.47. The van der Waals surface area contributed by atoms with Crippen LogP contribution in [0.15, 0.2) is 30.7 Å². The van der Waals surface area contributed by atoms with Crippen molar-refractivity contribution in [3.05, 3.63) is 30.7 Å². The zero-order valence-corrected chi connectivity index (χ0v) is 15.2. The van der Waals surface area contributed by atoms with E-state index in [1.54, 1.807) is 17.5 Å². The topological polar surface area (TPSA) is 69.8 Å². The molecule has 1 saturated heterocycles.